The number of hydrogen-bond donors (Lipinski definition) is 0. The Morgan fingerprint density at radius 3 is 2.68 bits per heavy atom. The zero-order valence-electron chi connectivity index (χ0n) is 14.6. The molecule has 4 nitrogen and oxygen atoms in total. The van der Waals surface area contributed by atoms with Crippen LogP contribution in [-0.4, -0.2) is 24.4 Å². The third kappa shape index (κ3) is 3.40. The number of carbonyl (C=O) groups is 2. The van der Waals surface area contributed by atoms with Crippen LogP contribution in [0.15, 0.2) is 42.5 Å². The molecule has 1 atom stereocenters. The maximum atomic E-state index is 13.0. The van der Waals surface area contributed by atoms with E-state index in [0.717, 1.165) is 23.2 Å². The van der Waals surface area contributed by atoms with Gasteiger partial charge in [-0.05, 0) is 49.6 Å². The lowest BCUT2D eigenvalue weighted by atomic mass is 10.1. The number of carbonyl (C=O) groups excluding carboxylic acids is 2. The summed E-state index contributed by atoms with van der Waals surface area (Å²) in [5.74, 6) is -0.272. The number of aryl methyl sites for hydroxylation is 1. The summed E-state index contributed by atoms with van der Waals surface area (Å²) in [5, 5.41) is 0.541. The number of fused-ring (bicyclic) bond motifs is 1. The fourth-order valence-corrected chi connectivity index (χ4v) is 3.56. The van der Waals surface area contributed by atoms with Gasteiger partial charge in [0.1, 0.15) is 6.54 Å². The fraction of sp³-hybridized carbons (Fsp3) is 0.300. The molecule has 0 saturated heterocycles. The van der Waals surface area contributed by atoms with Crippen molar-refractivity contribution in [3.8, 4) is 0 Å². The van der Waals surface area contributed by atoms with Gasteiger partial charge < -0.3 is 9.80 Å². The lowest BCUT2D eigenvalue weighted by Gasteiger charge is -2.28. The van der Waals surface area contributed by atoms with Crippen molar-refractivity contribution in [1.82, 2.24) is 0 Å². The minimum atomic E-state index is -0.182. The predicted octanol–water partition coefficient (Wildman–Crippen LogP) is 3.98. The second-order valence-corrected chi connectivity index (χ2v) is 6.92. The van der Waals surface area contributed by atoms with Crippen LogP contribution >= 0.6 is 11.6 Å². The third-order valence-electron chi connectivity index (χ3n) is 4.61. The van der Waals surface area contributed by atoms with Crippen LogP contribution in [0.25, 0.3) is 0 Å². The zero-order valence-corrected chi connectivity index (χ0v) is 15.4. The largest absolute Gasteiger partial charge is 0.307 e. The first-order valence-electron chi connectivity index (χ1n) is 8.32. The van der Waals surface area contributed by atoms with E-state index in [1.807, 2.05) is 44.2 Å². The van der Waals surface area contributed by atoms with E-state index in [1.165, 1.54) is 11.8 Å². The molecule has 0 fully saturated rings. The van der Waals surface area contributed by atoms with Crippen LogP contribution in [-0.2, 0) is 16.0 Å². The summed E-state index contributed by atoms with van der Waals surface area (Å²) in [6.45, 7) is 5.39. The van der Waals surface area contributed by atoms with Gasteiger partial charge in [-0.3, -0.25) is 9.59 Å². The SMILES string of the molecule is CC(=O)N(CC(=O)N1c2ccccc2CC1C)c1cc(Cl)ccc1C. The summed E-state index contributed by atoms with van der Waals surface area (Å²) in [7, 11) is 0. The molecule has 0 bridgehead atoms. The van der Waals surface area contributed by atoms with Gasteiger partial charge in [0.05, 0.1) is 0 Å². The molecule has 0 N–H and O–H groups in total. The highest BCUT2D eigenvalue weighted by Gasteiger charge is 2.32. The first-order valence-corrected chi connectivity index (χ1v) is 8.70. The predicted molar refractivity (Wildman–Crippen MR) is 101 cm³/mol. The summed E-state index contributed by atoms with van der Waals surface area (Å²) in [6, 6.07) is 13.4. The highest BCUT2D eigenvalue weighted by Crippen LogP contribution is 2.32. The van der Waals surface area contributed by atoms with E-state index in [4.69, 9.17) is 11.6 Å². The number of hydrogen-bond acceptors (Lipinski definition) is 2. The quantitative estimate of drug-likeness (QED) is 0.834. The molecule has 1 aliphatic heterocycles. The third-order valence-corrected chi connectivity index (χ3v) is 4.85. The van der Waals surface area contributed by atoms with Crippen LogP contribution in [0.2, 0.25) is 5.02 Å². The molecule has 1 unspecified atom stereocenters. The van der Waals surface area contributed by atoms with Crippen LogP contribution < -0.4 is 9.80 Å². The molecule has 0 spiro atoms. The van der Waals surface area contributed by atoms with Gasteiger partial charge in [-0.15, -0.1) is 0 Å². The lowest BCUT2D eigenvalue weighted by molar-refractivity contribution is -0.121. The van der Waals surface area contributed by atoms with Gasteiger partial charge in [-0.1, -0.05) is 35.9 Å². The molecule has 2 aromatic rings. The van der Waals surface area contributed by atoms with E-state index in [0.29, 0.717) is 10.7 Å². The Labute approximate surface area is 153 Å². The summed E-state index contributed by atoms with van der Waals surface area (Å²) in [4.78, 5) is 28.5. The molecule has 130 valence electrons. The van der Waals surface area contributed by atoms with E-state index < -0.39 is 0 Å². The minimum Gasteiger partial charge on any atom is -0.307 e. The van der Waals surface area contributed by atoms with Crippen LogP contribution in [0.3, 0.4) is 0 Å². The smallest absolute Gasteiger partial charge is 0.247 e. The number of halogens is 1. The molecule has 0 aliphatic carbocycles. The lowest BCUT2D eigenvalue weighted by Crippen LogP contribution is -2.45. The first-order chi connectivity index (χ1) is 11.9. The molecule has 2 amide bonds. The number of benzene rings is 2. The van der Waals surface area contributed by atoms with Crippen molar-refractivity contribution in [3.63, 3.8) is 0 Å². The van der Waals surface area contributed by atoms with Crippen molar-refractivity contribution >= 4 is 34.8 Å². The van der Waals surface area contributed by atoms with Gasteiger partial charge in [0.2, 0.25) is 11.8 Å². The van der Waals surface area contributed by atoms with E-state index >= 15 is 0 Å². The number of nitrogens with zero attached hydrogens (tertiary/aromatic N) is 2. The van der Waals surface area contributed by atoms with Crippen LogP contribution in [0.5, 0.6) is 0 Å². The number of anilines is 2. The Bertz CT molecular complexity index is 834. The second kappa shape index (κ2) is 6.89. The van der Waals surface area contributed by atoms with Gasteiger partial charge in [0.15, 0.2) is 0 Å². The molecule has 1 heterocycles. The highest BCUT2D eigenvalue weighted by molar-refractivity contribution is 6.31. The average molecular weight is 357 g/mol. The Balaban J connectivity index is 1.90. The monoisotopic (exact) mass is 356 g/mol. The Morgan fingerprint density at radius 2 is 1.96 bits per heavy atom. The van der Waals surface area contributed by atoms with Crippen molar-refractivity contribution in [1.29, 1.82) is 0 Å². The van der Waals surface area contributed by atoms with Gasteiger partial charge in [-0.25, -0.2) is 0 Å². The van der Waals surface area contributed by atoms with Crippen LogP contribution in [0.1, 0.15) is 25.0 Å². The van der Waals surface area contributed by atoms with Crippen molar-refractivity contribution in [3.05, 3.63) is 58.6 Å². The maximum Gasteiger partial charge on any atom is 0.247 e. The van der Waals surface area contributed by atoms with Crippen LogP contribution in [0, 0.1) is 6.92 Å². The van der Waals surface area contributed by atoms with Crippen molar-refractivity contribution in [2.75, 3.05) is 16.3 Å². The van der Waals surface area contributed by atoms with E-state index in [2.05, 4.69) is 0 Å². The van der Waals surface area contributed by atoms with Gasteiger partial charge in [0.25, 0.3) is 0 Å². The molecule has 0 saturated carbocycles. The standard InChI is InChI=1S/C20H21ClN2O2/c1-13-8-9-17(21)11-19(13)22(15(3)24)12-20(25)23-14(2)10-16-6-4-5-7-18(16)23/h4-9,11,14H,10,12H2,1-3H3. The number of para-hydroxylation sites is 1. The molecule has 2 aromatic carbocycles. The highest BCUT2D eigenvalue weighted by atomic mass is 35.5. The number of amides is 2. The summed E-state index contributed by atoms with van der Waals surface area (Å²) in [6.07, 6.45) is 0.832. The first kappa shape index (κ1) is 17.5. The average Bonchev–Trinajstić information content (AvgIpc) is 2.90. The minimum absolute atomic E-state index is 0.00477. The van der Waals surface area contributed by atoms with Gasteiger partial charge >= 0.3 is 0 Å². The summed E-state index contributed by atoms with van der Waals surface area (Å²) >= 11 is 6.09. The molecule has 5 heteroatoms. The van der Waals surface area contributed by atoms with Gasteiger partial charge in [0, 0.05) is 29.4 Å². The Hall–Kier alpha value is -2.33. The molecule has 3 rings (SSSR count). The van der Waals surface area contributed by atoms with Crippen molar-refractivity contribution in [2.45, 2.75) is 33.2 Å². The topological polar surface area (TPSA) is 40.6 Å². The second-order valence-electron chi connectivity index (χ2n) is 6.48. The van der Waals surface area contributed by atoms with Crippen molar-refractivity contribution in [2.24, 2.45) is 0 Å². The summed E-state index contributed by atoms with van der Waals surface area (Å²) < 4.78 is 0. The van der Waals surface area contributed by atoms with E-state index in [9.17, 15) is 9.59 Å². The molecule has 25 heavy (non-hydrogen) atoms. The fourth-order valence-electron chi connectivity index (χ4n) is 3.40. The number of rotatable bonds is 3. The molecule has 1 aliphatic rings. The van der Waals surface area contributed by atoms with Crippen LogP contribution in [0.4, 0.5) is 11.4 Å². The normalized spacial score (nSPS) is 15.8. The Morgan fingerprint density at radius 1 is 1.24 bits per heavy atom. The van der Waals surface area contributed by atoms with Gasteiger partial charge in [-0.2, -0.15) is 0 Å². The van der Waals surface area contributed by atoms with E-state index in [1.54, 1.807) is 17.0 Å². The molecular formula is C20H21ClN2O2. The molecule has 0 aromatic heterocycles. The van der Waals surface area contributed by atoms with Crippen molar-refractivity contribution < 1.29 is 9.59 Å². The zero-order chi connectivity index (χ0) is 18.1. The summed E-state index contributed by atoms with van der Waals surface area (Å²) in [5.41, 5.74) is 3.68. The van der Waals surface area contributed by atoms with E-state index in [-0.39, 0.29) is 24.4 Å². The molecular weight excluding hydrogens is 336 g/mol. The molecule has 0 radical (unpaired) electrons. The Kier molecular flexibility index (Phi) is 4.82. The maximum absolute atomic E-state index is 13.0.